The topological polar surface area (TPSA) is 17.1 Å². The third-order valence-electron chi connectivity index (χ3n) is 1.47. The van der Waals surface area contributed by atoms with Gasteiger partial charge in [-0.05, 0) is 19.8 Å². The smallest absolute Gasteiger partial charge is 0.132 e. The van der Waals surface area contributed by atoms with Gasteiger partial charge in [0, 0.05) is 5.92 Å². The van der Waals surface area contributed by atoms with E-state index in [1.165, 1.54) is 0 Å². The van der Waals surface area contributed by atoms with E-state index in [2.05, 4.69) is 12.2 Å². The first-order valence-corrected chi connectivity index (χ1v) is 4.01. The molecule has 0 saturated carbocycles. The average molecular weight is 179 g/mol. The third kappa shape index (κ3) is 4.89. The van der Waals surface area contributed by atoms with Crippen LogP contribution in [-0.4, -0.2) is 10.1 Å². The van der Waals surface area contributed by atoms with E-state index in [-0.39, 0.29) is 11.7 Å². The fraction of sp³-hybridized carbons (Fsp3) is 0.714. The van der Waals surface area contributed by atoms with Crippen LogP contribution in [0.2, 0.25) is 0 Å². The molecule has 0 bridgehead atoms. The summed E-state index contributed by atoms with van der Waals surface area (Å²) < 4.78 is 0.466. The Labute approximate surface area is 71.8 Å². The molecular formula is C7H11ClOS. The van der Waals surface area contributed by atoms with Crippen LogP contribution in [0.4, 0.5) is 0 Å². The van der Waals surface area contributed by atoms with E-state index in [0.717, 1.165) is 6.42 Å². The van der Waals surface area contributed by atoms with Crippen LogP contribution in [0.5, 0.6) is 0 Å². The standard InChI is InChI=1S/C7H11ClOS/c1-5(6(2)9)3-4-7(8)10/h5H,3-4H2,1-2H3. The minimum Gasteiger partial charge on any atom is -0.300 e. The molecule has 1 atom stereocenters. The number of carbonyl (C=O) groups excluding carboxylic acids is 1. The normalized spacial score (nSPS) is 12.7. The van der Waals surface area contributed by atoms with Crippen LogP contribution in [0.15, 0.2) is 0 Å². The van der Waals surface area contributed by atoms with Crippen molar-refractivity contribution in [3.8, 4) is 0 Å². The lowest BCUT2D eigenvalue weighted by molar-refractivity contribution is -0.120. The number of rotatable bonds is 4. The summed E-state index contributed by atoms with van der Waals surface area (Å²) >= 11 is 10.1. The zero-order valence-corrected chi connectivity index (χ0v) is 7.76. The molecule has 10 heavy (non-hydrogen) atoms. The molecule has 1 nitrogen and oxygen atoms in total. The van der Waals surface area contributed by atoms with Crippen LogP contribution in [0.3, 0.4) is 0 Å². The third-order valence-corrected chi connectivity index (χ3v) is 1.86. The largest absolute Gasteiger partial charge is 0.300 e. The molecule has 0 amide bonds. The van der Waals surface area contributed by atoms with E-state index >= 15 is 0 Å². The predicted octanol–water partition coefficient (Wildman–Crippen LogP) is 2.56. The molecule has 0 aliphatic rings. The highest BCUT2D eigenvalue weighted by Crippen LogP contribution is 2.08. The molecule has 0 radical (unpaired) electrons. The molecule has 0 aliphatic carbocycles. The van der Waals surface area contributed by atoms with E-state index < -0.39 is 0 Å². The highest BCUT2D eigenvalue weighted by atomic mass is 35.5. The summed E-state index contributed by atoms with van der Waals surface area (Å²) in [4.78, 5) is 10.7. The lowest BCUT2D eigenvalue weighted by Gasteiger charge is -2.03. The monoisotopic (exact) mass is 178 g/mol. The van der Waals surface area contributed by atoms with Crippen molar-refractivity contribution in [2.45, 2.75) is 26.7 Å². The predicted molar refractivity (Wildman–Crippen MR) is 47.5 cm³/mol. The Balaban J connectivity index is 3.49. The SMILES string of the molecule is CC(=O)C(C)CCC(=S)Cl. The fourth-order valence-electron chi connectivity index (χ4n) is 0.533. The number of hydrogen-bond donors (Lipinski definition) is 0. The van der Waals surface area contributed by atoms with Gasteiger partial charge in [0.05, 0.1) is 4.32 Å². The van der Waals surface area contributed by atoms with Gasteiger partial charge in [0.1, 0.15) is 5.78 Å². The Kier molecular flexibility index (Phi) is 4.83. The maximum Gasteiger partial charge on any atom is 0.132 e. The number of ketones is 1. The van der Waals surface area contributed by atoms with Crippen molar-refractivity contribution >= 4 is 33.9 Å². The van der Waals surface area contributed by atoms with Crippen molar-refractivity contribution in [1.82, 2.24) is 0 Å². The van der Waals surface area contributed by atoms with Gasteiger partial charge in [-0.1, -0.05) is 30.7 Å². The Bertz CT molecular complexity index is 145. The lowest BCUT2D eigenvalue weighted by Crippen LogP contribution is -2.06. The number of hydrogen-bond acceptors (Lipinski definition) is 2. The molecule has 58 valence electrons. The summed E-state index contributed by atoms with van der Waals surface area (Å²) in [5.41, 5.74) is 0. The molecule has 0 spiro atoms. The first-order chi connectivity index (χ1) is 4.54. The van der Waals surface area contributed by atoms with Gasteiger partial charge in [0.25, 0.3) is 0 Å². The first-order valence-electron chi connectivity index (χ1n) is 3.23. The number of Topliss-reactive ketones (excluding diaryl/α,β-unsaturated/α-hetero) is 1. The van der Waals surface area contributed by atoms with Gasteiger partial charge < -0.3 is 0 Å². The highest BCUT2D eigenvalue weighted by Gasteiger charge is 2.06. The van der Waals surface area contributed by atoms with Crippen molar-refractivity contribution in [3.05, 3.63) is 0 Å². The second-order valence-electron chi connectivity index (χ2n) is 2.41. The van der Waals surface area contributed by atoms with Gasteiger partial charge >= 0.3 is 0 Å². The van der Waals surface area contributed by atoms with Gasteiger partial charge in [0.15, 0.2) is 0 Å². The van der Waals surface area contributed by atoms with Gasteiger partial charge in [-0.25, -0.2) is 0 Å². The van der Waals surface area contributed by atoms with Crippen LogP contribution < -0.4 is 0 Å². The van der Waals surface area contributed by atoms with Gasteiger partial charge in [-0.3, -0.25) is 4.79 Å². The van der Waals surface area contributed by atoms with Crippen molar-refractivity contribution in [1.29, 1.82) is 0 Å². The molecule has 0 fully saturated rings. The quantitative estimate of drug-likeness (QED) is 0.486. The molecule has 0 aromatic rings. The van der Waals surface area contributed by atoms with Crippen molar-refractivity contribution in [2.24, 2.45) is 5.92 Å². The van der Waals surface area contributed by atoms with Crippen molar-refractivity contribution in [2.75, 3.05) is 0 Å². The van der Waals surface area contributed by atoms with Gasteiger partial charge in [-0.2, -0.15) is 0 Å². The number of carbonyl (C=O) groups is 1. The number of halogens is 1. The second-order valence-corrected chi connectivity index (χ2v) is 3.58. The van der Waals surface area contributed by atoms with E-state index in [9.17, 15) is 4.79 Å². The summed E-state index contributed by atoms with van der Waals surface area (Å²) in [5.74, 6) is 0.296. The van der Waals surface area contributed by atoms with Crippen LogP contribution >= 0.6 is 23.8 Å². The Morgan fingerprint density at radius 2 is 2.20 bits per heavy atom. The molecular weight excluding hydrogens is 168 g/mol. The fourth-order valence-corrected chi connectivity index (χ4v) is 0.760. The Morgan fingerprint density at radius 1 is 1.70 bits per heavy atom. The summed E-state index contributed by atoms with van der Waals surface area (Å²) in [5, 5.41) is 0. The zero-order valence-electron chi connectivity index (χ0n) is 6.19. The first kappa shape index (κ1) is 10.0. The van der Waals surface area contributed by atoms with E-state index in [0.29, 0.717) is 10.7 Å². The van der Waals surface area contributed by atoms with E-state index in [1.807, 2.05) is 6.92 Å². The van der Waals surface area contributed by atoms with Gasteiger partial charge in [-0.15, -0.1) is 0 Å². The minimum absolute atomic E-state index is 0.0942. The van der Waals surface area contributed by atoms with Crippen LogP contribution in [0.1, 0.15) is 26.7 Å². The summed E-state index contributed by atoms with van der Waals surface area (Å²) in [6, 6.07) is 0. The Morgan fingerprint density at radius 3 is 2.50 bits per heavy atom. The number of thiocarbonyl (C=S) groups is 1. The van der Waals surface area contributed by atoms with E-state index in [1.54, 1.807) is 6.92 Å². The van der Waals surface area contributed by atoms with Crippen LogP contribution in [-0.2, 0) is 4.79 Å². The van der Waals surface area contributed by atoms with Crippen LogP contribution in [0, 0.1) is 5.92 Å². The van der Waals surface area contributed by atoms with Crippen molar-refractivity contribution in [3.63, 3.8) is 0 Å². The average Bonchev–Trinajstić information content (AvgIpc) is 1.82. The molecule has 0 rings (SSSR count). The van der Waals surface area contributed by atoms with E-state index in [4.69, 9.17) is 11.6 Å². The molecule has 0 N–H and O–H groups in total. The molecule has 0 aromatic heterocycles. The molecule has 0 aromatic carbocycles. The Hall–Kier alpha value is 0.0500. The second kappa shape index (κ2) is 4.80. The lowest BCUT2D eigenvalue weighted by atomic mass is 10.0. The highest BCUT2D eigenvalue weighted by molar-refractivity contribution is 7.83. The molecule has 0 heterocycles. The molecule has 3 heteroatoms. The molecule has 1 unspecified atom stereocenters. The van der Waals surface area contributed by atoms with Crippen molar-refractivity contribution < 1.29 is 4.79 Å². The molecule has 0 saturated heterocycles. The maximum atomic E-state index is 10.7. The zero-order chi connectivity index (χ0) is 8.15. The van der Waals surface area contributed by atoms with Crippen LogP contribution in [0.25, 0.3) is 0 Å². The summed E-state index contributed by atoms with van der Waals surface area (Å²) in [6.45, 7) is 3.47. The summed E-state index contributed by atoms with van der Waals surface area (Å²) in [7, 11) is 0. The minimum atomic E-state index is 0.0942. The maximum absolute atomic E-state index is 10.7. The summed E-state index contributed by atoms with van der Waals surface area (Å²) in [6.07, 6.45) is 1.44. The van der Waals surface area contributed by atoms with Gasteiger partial charge in [0.2, 0.25) is 0 Å². The molecule has 0 aliphatic heterocycles.